The van der Waals surface area contributed by atoms with E-state index in [-0.39, 0.29) is 47.5 Å². The highest BCUT2D eigenvalue weighted by Crippen LogP contribution is 2.31. The summed E-state index contributed by atoms with van der Waals surface area (Å²) in [6.07, 6.45) is 8.59. The number of carbonyl (C=O) groups is 2. The number of hydrogen-bond donors (Lipinski definition) is 2. The van der Waals surface area contributed by atoms with Crippen molar-refractivity contribution in [3.8, 4) is 11.5 Å². The molecule has 0 aliphatic carbocycles. The van der Waals surface area contributed by atoms with Gasteiger partial charge in [-0.1, -0.05) is 114 Å². The quantitative estimate of drug-likeness (QED) is 0.110. The first-order chi connectivity index (χ1) is 36.6. The molecule has 2 aliphatic rings. The molecule has 0 amide bonds. The molecule has 2 aliphatic heterocycles. The fourth-order valence-corrected chi connectivity index (χ4v) is 12.0. The Morgan fingerprint density at radius 3 is 1.49 bits per heavy atom. The number of benzene rings is 4. The summed E-state index contributed by atoms with van der Waals surface area (Å²) in [5.74, 6) is -1.11. The topological polar surface area (TPSA) is 201 Å². The highest BCUT2D eigenvalue weighted by atomic mass is 32.2. The number of nitrogens with zero attached hydrogens (tertiary/aromatic N) is 6. The average molecular weight is 1070 g/mol. The van der Waals surface area contributed by atoms with Crippen molar-refractivity contribution >= 4 is 53.4 Å². The van der Waals surface area contributed by atoms with E-state index in [2.05, 4.69) is 26.0 Å². The molecule has 10 rings (SSSR count). The molecule has 0 bridgehead atoms. The van der Waals surface area contributed by atoms with E-state index in [0.717, 1.165) is 44.5 Å². The van der Waals surface area contributed by atoms with Crippen LogP contribution in [0.4, 0.5) is 0 Å². The lowest BCUT2D eigenvalue weighted by atomic mass is 9.96. The summed E-state index contributed by atoms with van der Waals surface area (Å²) in [4.78, 5) is 43.9. The highest BCUT2D eigenvalue weighted by Gasteiger charge is 2.30. The standard InChI is InChI=1S/2C27H25N3O4S.3C2H6/c1-18-5-2-6-19(11-18)12-20-13-21(17-30-9-4-10-35(30,33)34)15-23(14-20)26(31)25-27(32)24-22(16-29-25)7-3-8-28-24;1-18-10-23-16-29-25(27(32)24(23)28-15-18)26(31)22-13-20(11-19-6-3-2-4-7-19)12-21(14-22)17-30-8-5-9-35(30,33)34;3*1-2/h2-3,5-8,11,13-16,32H,4,9-10,12,17H2,1H3;2-4,6-7,10,12-16,32H,5,8-9,11,17H2,1H3;3*1-2H3. The van der Waals surface area contributed by atoms with Crippen LogP contribution < -0.4 is 0 Å². The minimum Gasteiger partial charge on any atom is -0.504 e. The number of ketones is 2. The van der Waals surface area contributed by atoms with Crippen LogP contribution in [0, 0.1) is 13.8 Å². The van der Waals surface area contributed by atoms with Gasteiger partial charge in [-0.15, -0.1) is 0 Å². The van der Waals surface area contributed by atoms with Gasteiger partial charge in [0.2, 0.25) is 31.6 Å². The monoisotopic (exact) mass is 1060 g/mol. The van der Waals surface area contributed by atoms with Gasteiger partial charge in [0, 0.05) is 72.9 Å². The second-order valence-corrected chi connectivity index (χ2v) is 22.0. The van der Waals surface area contributed by atoms with Gasteiger partial charge in [0.15, 0.2) is 22.9 Å². The molecule has 4 aromatic carbocycles. The lowest BCUT2D eigenvalue weighted by Crippen LogP contribution is -2.25. The molecule has 4 aromatic heterocycles. The normalized spacial score (nSPS) is 14.5. The second-order valence-electron chi connectivity index (χ2n) is 17.9. The Balaban J connectivity index is 0.000000225. The van der Waals surface area contributed by atoms with Crippen LogP contribution in [0.15, 0.2) is 134 Å². The molecule has 0 radical (unpaired) electrons. The molecular formula is C60H68N6O8S2. The third-order valence-electron chi connectivity index (χ3n) is 12.4. The number of hydrogen-bond acceptors (Lipinski definition) is 12. The van der Waals surface area contributed by atoms with Crippen molar-refractivity contribution in [3.05, 3.63) is 201 Å². The molecule has 2 N–H and O–H groups in total. The summed E-state index contributed by atoms with van der Waals surface area (Å²) in [6, 6.07) is 34.2. The number of aromatic nitrogens is 4. The molecule has 2 fully saturated rings. The first-order valence-corrected chi connectivity index (χ1v) is 29.1. The zero-order chi connectivity index (χ0) is 55.2. The summed E-state index contributed by atoms with van der Waals surface area (Å²) in [5, 5.41) is 22.8. The van der Waals surface area contributed by atoms with Crippen molar-refractivity contribution < 1.29 is 36.6 Å². The molecule has 0 unspecified atom stereocenters. The number of sulfonamides is 2. The smallest absolute Gasteiger partial charge is 0.215 e. The number of carbonyl (C=O) groups excluding carboxylic acids is 2. The molecule has 14 nitrogen and oxygen atoms in total. The average Bonchev–Trinajstić information content (AvgIpc) is 3.95. The van der Waals surface area contributed by atoms with Crippen LogP contribution in [0.1, 0.15) is 131 Å². The minimum absolute atomic E-state index is 0.0783. The zero-order valence-corrected chi connectivity index (χ0v) is 46.2. The van der Waals surface area contributed by atoms with Crippen LogP contribution in [-0.4, -0.2) is 91.8 Å². The van der Waals surface area contributed by atoms with Crippen molar-refractivity contribution in [1.29, 1.82) is 0 Å². The van der Waals surface area contributed by atoms with Crippen LogP contribution >= 0.6 is 0 Å². The number of aromatic hydroxyl groups is 2. The van der Waals surface area contributed by atoms with Crippen LogP contribution in [0.2, 0.25) is 0 Å². The SMILES string of the molecule is CC.CC.CC.Cc1cccc(Cc2cc(CN3CCCS3(=O)=O)cc(C(=O)c3ncc4cccnc4c3O)c2)c1.Cc1cnc2c(O)c(C(=O)c3cc(Cc4ccccc4)cc(CN4CCCS4(=O)=O)c3)ncc2c1. The number of pyridine rings is 4. The minimum atomic E-state index is -3.29. The summed E-state index contributed by atoms with van der Waals surface area (Å²) in [5.41, 5.74) is 8.59. The first-order valence-electron chi connectivity index (χ1n) is 25.9. The molecule has 6 heterocycles. The Morgan fingerprint density at radius 2 is 0.974 bits per heavy atom. The van der Waals surface area contributed by atoms with Gasteiger partial charge in [-0.2, -0.15) is 8.61 Å². The van der Waals surface area contributed by atoms with Gasteiger partial charge in [-0.05, 0) is 121 Å². The molecule has 0 atom stereocenters. The number of rotatable bonds is 12. The molecule has 0 saturated carbocycles. The maximum atomic E-state index is 13.5. The number of aryl methyl sites for hydroxylation is 2. The van der Waals surface area contributed by atoms with Crippen molar-refractivity contribution in [2.45, 2.75) is 94.2 Å². The van der Waals surface area contributed by atoms with E-state index in [1.807, 2.05) is 122 Å². The molecule has 398 valence electrons. The maximum Gasteiger partial charge on any atom is 0.215 e. The predicted molar refractivity (Wildman–Crippen MR) is 302 cm³/mol. The predicted octanol–water partition coefficient (Wildman–Crippen LogP) is 11.1. The van der Waals surface area contributed by atoms with Crippen LogP contribution in [0.5, 0.6) is 11.5 Å². The Kier molecular flexibility index (Phi) is 20.2. The highest BCUT2D eigenvalue weighted by molar-refractivity contribution is 7.89. The van der Waals surface area contributed by atoms with Gasteiger partial charge in [0.25, 0.3) is 0 Å². The maximum absolute atomic E-state index is 13.5. The Hall–Kier alpha value is -7.24. The third-order valence-corrected chi connectivity index (χ3v) is 16.2. The molecule has 0 spiro atoms. The first kappa shape index (κ1) is 58.0. The van der Waals surface area contributed by atoms with Crippen LogP contribution in [0.25, 0.3) is 21.8 Å². The fraction of sp³-hybridized carbons (Fsp3) is 0.300. The van der Waals surface area contributed by atoms with Gasteiger partial charge < -0.3 is 10.2 Å². The Bertz CT molecular complexity index is 3560. The molecule has 2 saturated heterocycles. The summed E-state index contributed by atoms with van der Waals surface area (Å²) < 4.78 is 52.5. The van der Waals surface area contributed by atoms with E-state index in [1.54, 1.807) is 48.8 Å². The second kappa shape index (κ2) is 26.5. The van der Waals surface area contributed by atoms with E-state index in [4.69, 9.17) is 0 Å². The van der Waals surface area contributed by atoms with Crippen molar-refractivity contribution in [2.75, 3.05) is 24.6 Å². The fourth-order valence-electron chi connectivity index (χ4n) is 9.04. The van der Waals surface area contributed by atoms with Gasteiger partial charge in [-0.3, -0.25) is 19.6 Å². The molecule has 16 heteroatoms. The lowest BCUT2D eigenvalue weighted by Gasteiger charge is -2.16. The van der Waals surface area contributed by atoms with Crippen molar-refractivity contribution in [3.63, 3.8) is 0 Å². The third kappa shape index (κ3) is 14.2. The van der Waals surface area contributed by atoms with Crippen LogP contribution in [0.3, 0.4) is 0 Å². The Labute approximate surface area is 447 Å². The molecule has 76 heavy (non-hydrogen) atoms. The van der Waals surface area contributed by atoms with Gasteiger partial charge in [0.1, 0.15) is 11.0 Å². The van der Waals surface area contributed by atoms with Crippen molar-refractivity contribution in [2.24, 2.45) is 0 Å². The summed E-state index contributed by atoms with van der Waals surface area (Å²) in [7, 11) is -6.58. The summed E-state index contributed by atoms with van der Waals surface area (Å²) >= 11 is 0. The van der Waals surface area contributed by atoms with E-state index in [0.29, 0.717) is 71.7 Å². The van der Waals surface area contributed by atoms with E-state index >= 15 is 0 Å². The number of fused-ring (bicyclic) bond motifs is 2. The lowest BCUT2D eigenvalue weighted by molar-refractivity contribution is 0.102. The van der Waals surface area contributed by atoms with Crippen LogP contribution in [-0.2, 0) is 46.0 Å². The summed E-state index contributed by atoms with van der Waals surface area (Å²) in [6.45, 7) is 17.2. The van der Waals surface area contributed by atoms with E-state index < -0.39 is 31.6 Å². The Morgan fingerprint density at radius 1 is 0.487 bits per heavy atom. The van der Waals surface area contributed by atoms with Gasteiger partial charge in [0.05, 0.1) is 11.5 Å². The zero-order valence-electron chi connectivity index (χ0n) is 44.6. The van der Waals surface area contributed by atoms with E-state index in [9.17, 15) is 36.6 Å². The van der Waals surface area contributed by atoms with Gasteiger partial charge in [-0.25, -0.2) is 26.8 Å². The molecular weight excluding hydrogens is 997 g/mol. The molecule has 8 aromatic rings. The largest absolute Gasteiger partial charge is 0.504 e. The van der Waals surface area contributed by atoms with Gasteiger partial charge >= 0.3 is 0 Å². The van der Waals surface area contributed by atoms with E-state index in [1.165, 1.54) is 21.0 Å². The van der Waals surface area contributed by atoms with Crippen molar-refractivity contribution in [1.82, 2.24) is 28.5 Å².